The van der Waals surface area contributed by atoms with E-state index in [4.69, 9.17) is 0 Å². The summed E-state index contributed by atoms with van der Waals surface area (Å²) >= 11 is 1.35. The van der Waals surface area contributed by atoms with Gasteiger partial charge in [-0.15, -0.1) is 11.3 Å². The van der Waals surface area contributed by atoms with E-state index in [1.54, 1.807) is 19.2 Å². The summed E-state index contributed by atoms with van der Waals surface area (Å²) in [7, 11) is -2.38. The van der Waals surface area contributed by atoms with Gasteiger partial charge in [0.25, 0.3) is 0 Å². The highest BCUT2D eigenvalue weighted by Gasteiger charge is 2.24. The first-order chi connectivity index (χ1) is 11.4. The second kappa shape index (κ2) is 6.42. The summed E-state index contributed by atoms with van der Waals surface area (Å²) < 4.78 is 56.0. The third kappa shape index (κ3) is 3.23. The van der Waals surface area contributed by atoms with Gasteiger partial charge >= 0.3 is 0 Å². The van der Waals surface area contributed by atoms with Gasteiger partial charge in [0, 0.05) is 25.4 Å². The second-order valence-corrected chi connectivity index (χ2v) is 7.70. The molecule has 2 aromatic heterocycles. The van der Waals surface area contributed by atoms with E-state index in [1.807, 2.05) is 5.38 Å². The zero-order chi connectivity index (χ0) is 17.3. The van der Waals surface area contributed by atoms with E-state index in [-0.39, 0.29) is 10.5 Å². The average Bonchev–Trinajstić information content (AvgIpc) is 3.15. The van der Waals surface area contributed by atoms with Gasteiger partial charge in [-0.25, -0.2) is 21.9 Å². The molecule has 126 valence electrons. The lowest BCUT2D eigenvalue weighted by Gasteiger charge is -2.08. The van der Waals surface area contributed by atoms with Gasteiger partial charge in [-0.3, -0.25) is 4.68 Å². The standard InChI is InChI=1S/C15H13F2N3O2S2/c1-20-9-14(15(19-20)13-6-3-7-23-13)24(21,22)18-8-10-11(16)4-2-5-12(10)17/h2-7,9,18H,8H2,1H3. The number of nitrogens with one attached hydrogen (secondary N) is 1. The summed E-state index contributed by atoms with van der Waals surface area (Å²) in [5.74, 6) is -1.61. The van der Waals surface area contributed by atoms with Gasteiger partial charge < -0.3 is 0 Å². The molecular formula is C15H13F2N3O2S2. The normalized spacial score (nSPS) is 11.8. The van der Waals surface area contributed by atoms with Crippen LogP contribution in [0.5, 0.6) is 0 Å². The maximum atomic E-state index is 13.6. The van der Waals surface area contributed by atoms with Crippen LogP contribution < -0.4 is 4.72 Å². The number of benzene rings is 1. The van der Waals surface area contributed by atoms with Crippen molar-refractivity contribution < 1.29 is 17.2 Å². The van der Waals surface area contributed by atoms with Crippen LogP contribution in [0, 0.1) is 11.6 Å². The van der Waals surface area contributed by atoms with Crippen LogP contribution in [0.4, 0.5) is 8.78 Å². The van der Waals surface area contributed by atoms with Crippen LogP contribution in [0.15, 0.2) is 46.8 Å². The molecule has 0 radical (unpaired) electrons. The fraction of sp³-hybridized carbons (Fsp3) is 0.133. The predicted octanol–water partition coefficient (Wildman–Crippen LogP) is 2.91. The highest BCUT2D eigenvalue weighted by molar-refractivity contribution is 7.89. The molecule has 0 fully saturated rings. The zero-order valence-electron chi connectivity index (χ0n) is 12.5. The number of hydrogen-bond acceptors (Lipinski definition) is 4. The Morgan fingerprint density at radius 1 is 1.21 bits per heavy atom. The summed E-state index contributed by atoms with van der Waals surface area (Å²) in [5, 5.41) is 5.98. The fourth-order valence-electron chi connectivity index (χ4n) is 2.19. The molecule has 0 aliphatic carbocycles. The van der Waals surface area contributed by atoms with Crippen molar-refractivity contribution in [3.05, 3.63) is 59.1 Å². The van der Waals surface area contributed by atoms with Crippen molar-refractivity contribution >= 4 is 21.4 Å². The van der Waals surface area contributed by atoms with E-state index in [0.717, 1.165) is 12.1 Å². The Morgan fingerprint density at radius 3 is 2.54 bits per heavy atom. The van der Waals surface area contributed by atoms with E-state index in [2.05, 4.69) is 9.82 Å². The maximum absolute atomic E-state index is 13.6. The number of halogens is 2. The topological polar surface area (TPSA) is 64.0 Å². The van der Waals surface area contributed by atoms with Crippen LogP contribution in [-0.4, -0.2) is 18.2 Å². The molecule has 2 heterocycles. The van der Waals surface area contributed by atoms with Crippen molar-refractivity contribution in [1.82, 2.24) is 14.5 Å². The van der Waals surface area contributed by atoms with Gasteiger partial charge in [0.05, 0.1) is 4.88 Å². The number of thiophene rings is 1. The smallest absolute Gasteiger partial charge is 0.244 e. The van der Waals surface area contributed by atoms with Crippen molar-refractivity contribution in [1.29, 1.82) is 0 Å². The molecule has 0 spiro atoms. The quantitative estimate of drug-likeness (QED) is 0.752. The molecular weight excluding hydrogens is 356 g/mol. The van der Waals surface area contributed by atoms with Crippen molar-refractivity contribution in [2.75, 3.05) is 0 Å². The lowest BCUT2D eigenvalue weighted by molar-refractivity contribution is 0.544. The minimum absolute atomic E-state index is 0.0378. The Hall–Kier alpha value is -2.10. The van der Waals surface area contributed by atoms with Crippen LogP contribution in [0.3, 0.4) is 0 Å². The van der Waals surface area contributed by atoms with E-state index >= 15 is 0 Å². The van der Waals surface area contributed by atoms with Crippen LogP contribution in [0.25, 0.3) is 10.6 Å². The molecule has 0 atom stereocenters. The summed E-state index contributed by atoms with van der Waals surface area (Å²) in [6.45, 7) is -0.486. The highest BCUT2D eigenvalue weighted by atomic mass is 32.2. The lowest BCUT2D eigenvalue weighted by atomic mass is 10.2. The molecule has 1 N–H and O–H groups in total. The van der Waals surface area contributed by atoms with Crippen molar-refractivity contribution in [2.24, 2.45) is 7.05 Å². The molecule has 1 aromatic carbocycles. The molecule has 0 bridgehead atoms. The van der Waals surface area contributed by atoms with Crippen LogP contribution >= 0.6 is 11.3 Å². The molecule has 3 aromatic rings. The fourth-order valence-corrected chi connectivity index (χ4v) is 4.17. The summed E-state index contributed by atoms with van der Waals surface area (Å²) in [5.41, 5.74) is -0.0309. The van der Waals surface area contributed by atoms with E-state index in [1.165, 1.54) is 28.3 Å². The van der Waals surface area contributed by atoms with Gasteiger partial charge in [0.1, 0.15) is 22.2 Å². The number of sulfonamides is 1. The number of aryl methyl sites for hydroxylation is 1. The average molecular weight is 369 g/mol. The Morgan fingerprint density at radius 2 is 1.92 bits per heavy atom. The lowest BCUT2D eigenvalue weighted by Crippen LogP contribution is -2.24. The first-order valence-electron chi connectivity index (χ1n) is 6.88. The zero-order valence-corrected chi connectivity index (χ0v) is 14.2. The molecule has 24 heavy (non-hydrogen) atoms. The van der Waals surface area contributed by atoms with Gasteiger partial charge in [-0.1, -0.05) is 12.1 Å². The Balaban J connectivity index is 1.92. The molecule has 3 rings (SSSR count). The molecule has 0 saturated carbocycles. The second-order valence-electron chi connectivity index (χ2n) is 5.02. The molecule has 0 saturated heterocycles. The number of hydrogen-bond donors (Lipinski definition) is 1. The molecule has 9 heteroatoms. The Labute approximate surface area is 141 Å². The molecule has 0 unspecified atom stereocenters. The van der Waals surface area contributed by atoms with Crippen LogP contribution in [-0.2, 0) is 23.6 Å². The third-order valence-corrected chi connectivity index (χ3v) is 5.62. The minimum atomic E-state index is -3.99. The van der Waals surface area contributed by atoms with E-state index in [9.17, 15) is 17.2 Å². The minimum Gasteiger partial charge on any atom is -0.274 e. The first-order valence-corrected chi connectivity index (χ1v) is 9.25. The predicted molar refractivity (Wildman–Crippen MR) is 86.9 cm³/mol. The molecule has 0 aliphatic rings. The van der Waals surface area contributed by atoms with E-state index < -0.39 is 28.2 Å². The van der Waals surface area contributed by atoms with E-state index in [0.29, 0.717) is 10.6 Å². The molecule has 0 aliphatic heterocycles. The summed E-state index contributed by atoms with van der Waals surface area (Å²) in [4.78, 5) is 0.650. The summed E-state index contributed by atoms with van der Waals surface area (Å²) in [6, 6.07) is 6.91. The Bertz CT molecular complexity index is 947. The van der Waals surface area contributed by atoms with Crippen molar-refractivity contribution in [3.63, 3.8) is 0 Å². The largest absolute Gasteiger partial charge is 0.274 e. The van der Waals surface area contributed by atoms with Crippen LogP contribution in [0.1, 0.15) is 5.56 Å². The van der Waals surface area contributed by atoms with Gasteiger partial charge in [0.2, 0.25) is 10.0 Å². The van der Waals surface area contributed by atoms with Crippen molar-refractivity contribution in [3.8, 4) is 10.6 Å². The number of aromatic nitrogens is 2. The van der Waals surface area contributed by atoms with Gasteiger partial charge in [-0.05, 0) is 23.6 Å². The number of nitrogens with zero attached hydrogens (tertiary/aromatic N) is 2. The maximum Gasteiger partial charge on any atom is 0.244 e. The van der Waals surface area contributed by atoms with Gasteiger partial charge in [-0.2, -0.15) is 5.10 Å². The Kier molecular flexibility index (Phi) is 4.48. The van der Waals surface area contributed by atoms with Crippen molar-refractivity contribution in [2.45, 2.75) is 11.4 Å². The third-order valence-electron chi connectivity index (χ3n) is 3.34. The molecule has 5 nitrogen and oxygen atoms in total. The molecule has 0 amide bonds. The monoisotopic (exact) mass is 369 g/mol. The first kappa shape index (κ1) is 16.7. The SMILES string of the molecule is Cn1cc(S(=O)(=O)NCc2c(F)cccc2F)c(-c2cccs2)n1. The highest BCUT2D eigenvalue weighted by Crippen LogP contribution is 2.29. The van der Waals surface area contributed by atoms with Gasteiger partial charge in [0.15, 0.2) is 0 Å². The number of rotatable bonds is 5. The summed E-state index contributed by atoms with van der Waals surface area (Å²) in [6.07, 6.45) is 1.36. The van der Waals surface area contributed by atoms with Crippen LogP contribution in [0.2, 0.25) is 0 Å².